The second kappa shape index (κ2) is 27.2. The molecule has 4 aromatic heterocycles. The van der Waals surface area contributed by atoms with Crippen LogP contribution >= 0.6 is 22.7 Å². The van der Waals surface area contributed by atoms with Crippen LogP contribution in [0.4, 0.5) is 34.1 Å². The van der Waals surface area contributed by atoms with E-state index in [9.17, 15) is 0 Å². The molecule has 4 heterocycles. The third-order valence-electron chi connectivity index (χ3n) is 24.3. The maximum atomic E-state index is 6.80. The van der Waals surface area contributed by atoms with Crippen LogP contribution in [0.2, 0.25) is 0 Å². The van der Waals surface area contributed by atoms with Crippen LogP contribution in [-0.2, 0) is 10.8 Å². The number of hydrogen-bond donors (Lipinski definition) is 0. The zero-order valence-electron chi connectivity index (χ0n) is 62.9. The highest BCUT2D eigenvalue weighted by molar-refractivity contribution is 7.26. The van der Waals surface area contributed by atoms with Crippen molar-refractivity contribution < 1.29 is 8.83 Å². The third-order valence-corrected chi connectivity index (χ3v) is 26.6. The molecule has 0 fully saturated rings. The lowest BCUT2D eigenvalue weighted by atomic mass is 9.68. The Kier molecular flexibility index (Phi) is 15.8. The quantitative estimate of drug-likeness (QED) is 0.122. The summed E-state index contributed by atoms with van der Waals surface area (Å²) < 4.78 is 18.8. The molecule has 0 bridgehead atoms. The van der Waals surface area contributed by atoms with E-state index in [1.54, 1.807) is 0 Å². The average molecular weight is 1520 g/mol. The molecule has 22 aromatic rings. The van der Waals surface area contributed by atoms with E-state index in [-0.39, 0.29) is 0 Å². The van der Waals surface area contributed by atoms with Gasteiger partial charge in [-0.3, -0.25) is 0 Å². The second-order valence-electron chi connectivity index (χ2n) is 30.3. The van der Waals surface area contributed by atoms with Crippen molar-refractivity contribution >= 4 is 141 Å². The third kappa shape index (κ3) is 10.4. The summed E-state index contributed by atoms with van der Waals surface area (Å²) in [6.07, 6.45) is 0. The van der Waals surface area contributed by atoms with Crippen LogP contribution in [-0.4, -0.2) is 0 Å². The topological polar surface area (TPSA) is 32.8 Å². The fraction of sp³-hybridized carbons (Fsp3) is 0.0182. The Bertz CT molecular complexity index is 7500. The maximum Gasteiger partial charge on any atom is 0.159 e. The molecule has 6 heteroatoms. The van der Waals surface area contributed by atoms with Crippen molar-refractivity contribution in [1.29, 1.82) is 0 Å². The average Bonchev–Trinajstić information content (AvgIpc) is 1.53. The van der Waals surface area contributed by atoms with Gasteiger partial charge in [-0.05, 0) is 169 Å². The molecule has 0 radical (unpaired) electrons. The minimum Gasteiger partial charge on any atom is -0.454 e. The Morgan fingerprint density at radius 1 is 0.207 bits per heavy atom. The molecule has 2 aliphatic rings. The van der Waals surface area contributed by atoms with Gasteiger partial charge in [0.2, 0.25) is 0 Å². The summed E-state index contributed by atoms with van der Waals surface area (Å²) in [6.45, 7) is 0. The van der Waals surface area contributed by atoms with Crippen LogP contribution in [0.3, 0.4) is 0 Å². The van der Waals surface area contributed by atoms with E-state index in [1.807, 2.05) is 34.8 Å². The van der Waals surface area contributed by atoms with Crippen molar-refractivity contribution in [3.8, 4) is 44.5 Å². The molecule has 0 unspecified atom stereocenters. The molecule has 18 aromatic carbocycles. The largest absolute Gasteiger partial charge is 0.454 e. The normalized spacial score (nSPS) is 13.0. The lowest BCUT2D eigenvalue weighted by molar-refractivity contribution is 0.668. The molecular formula is C110H70N2O2S2. The molecule has 0 saturated carbocycles. The zero-order chi connectivity index (χ0) is 76.4. The summed E-state index contributed by atoms with van der Waals surface area (Å²) in [5.74, 6) is 0. The first kappa shape index (κ1) is 67.3. The van der Waals surface area contributed by atoms with Crippen LogP contribution < -0.4 is 9.80 Å². The molecule has 4 nitrogen and oxygen atoms in total. The highest BCUT2D eigenvalue weighted by atomic mass is 32.1. The summed E-state index contributed by atoms with van der Waals surface area (Å²) in [7, 11) is 0. The van der Waals surface area contributed by atoms with Crippen molar-refractivity contribution in [3.05, 3.63) is 469 Å². The van der Waals surface area contributed by atoms with E-state index in [1.165, 1.54) is 129 Å². The number of hydrogen-bond acceptors (Lipinski definition) is 6. The minimum atomic E-state index is -0.518. The van der Waals surface area contributed by atoms with Crippen molar-refractivity contribution in [1.82, 2.24) is 0 Å². The van der Waals surface area contributed by atoms with E-state index in [0.29, 0.717) is 0 Å². The standard InChI is InChI=1S/2C55H35NOS/c1-3-15-38(16-4-1)55(39-17-5-2-6-18-39)46-23-10-7-21-45(46)53-47(55)24-14-25-48(53)56(49-26-13-22-44-41-19-8-11-27-50(41)57-54(44)49)40-32-29-36(30-33-40)37-31-34-43-42-20-9-12-28-51(42)58-52(43)35-37;1-3-15-38(16-4-1)55(39-17-5-2-6-18-39)46-23-10-7-21-44(46)53-47(55)24-14-25-48(53)56(49-26-13-22-43-41-19-8-11-27-50(41)57-54(43)49)40-32-29-36(30-33-40)37-31-34-52-45(35-37)42-20-9-12-28-51(42)58-52/h2*1-35H. The van der Waals surface area contributed by atoms with Crippen LogP contribution in [0.15, 0.2) is 433 Å². The summed E-state index contributed by atoms with van der Waals surface area (Å²) in [4.78, 5) is 4.84. The first-order valence-corrected chi connectivity index (χ1v) is 41.3. The van der Waals surface area contributed by atoms with Crippen LogP contribution in [0.1, 0.15) is 44.5 Å². The molecular weight excluding hydrogens is 1450 g/mol. The first-order chi connectivity index (χ1) is 57.5. The van der Waals surface area contributed by atoms with E-state index in [0.717, 1.165) is 78.0 Å². The first-order valence-electron chi connectivity index (χ1n) is 39.7. The molecule has 544 valence electrons. The van der Waals surface area contributed by atoms with Gasteiger partial charge < -0.3 is 18.6 Å². The van der Waals surface area contributed by atoms with Gasteiger partial charge in [0.1, 0.15) is 11.2 Å². The predicted octanol–water partition coefficient (Wildman–Crippen LogP) is 30.9. The highest BCUT2D eigenvalue weighted by Crippen LogP contribution is 2.63. The maximum absolute atomic E-state index is 6.80. The van der Waals surface area contributed by atoms with Crippen molar-refractivity contribution in [2.75, 3.05) is 9.80 Å². The van der Waals surface area contributed by atoms with E-state index < -0.39 is 10.8 Å². The Morgan fingerprint density at radius 2 is 0.534 bits per heavy atom. The molecule has 0 amide bonds. The van der Waals surface area contributed by atoms with E-state index >= 15 is 0 Å². The van der Waals surface area contributed by atoms with E-state index in [2.05, 4.69) is 422 Å². The number of furan rings is 2. The fourth-order valence-corrected chi connectivity index (χ4v) is 21.6. The summed E-state index contributed by atoms with van der Waals surface area (Å²) in [5, 5.41) is 9.67. The summed E-state index contributed by atoms with van der Waals surface area (Å²) >= 11 is 3.71. The fourth-order valence-electron chi connectivity index (χ4n) is 19.4. The molecule has 0 spiro atoms. The van der Waals surface area contributed by atoms with Gasteiger partial charge in [0.05, 0.1) is 33.6 Å². The van der Waals surface area contributed by atoms with Crippen LogP contribution in [0.5, 0.6) is 0 Å². The van der Waals surface area contributed by atoms with Gasteiger partial charge in [-0.2, -0.15) is 0 Å². The molecule has 0 saturated heterocycles. The van der Waals surface area contributed by atoms with Crippen LogP contribution in [0, 0.1) is 0 Å². The lowest BCUT2D eigenvalue weighted by Gasteiger charge is -2.34. The molecule has 0 N–H and O–H groups in total. The number of para-hydroxylation sites is 4. The Hall–Kier alpha value is -14.4. The van der Waals surface area contributed by atoms with Crippen molar-refractivity contribution in [2.24, 2.45) is 0 Å². The molecule has 24 rings (SSSR count). The van der Waals surface area contributed by atoms with Gasteiger partial charge in [0.25, 0.3) is 0 Å². The van der Waals surface area contributed by atoms with Gasteiger partial charge in [-0.25, -0.2) is 0 Å². The second-order valence-corrected chi connectivity index (χ2v) is 32.5. The number of fused-ring (bicyclic) bond motifs is 18. The van der Waals surface area contributed by atoms with Gasteiger partial charge in [0, 0.05) is 84.4 Å². The summed E-state index contributed by atoms with van der Waals surface area (Å²) in [6, 6.07) is 155. The predicted molar refractivity (Wildman–Crippen MR) is 488 cm³/mol. The minimum absolute atomic E-state index is 0.517. The monoisotopic (exact) mass is 1510 g/mol. The lowest BCUT2D eigenvalue weighted by Crippen LogP contribution is -2.28. The Morgan fingerprint density at radius 3 is 1.01 bits per heavy atom. The van der Waals surface area contributed by atoms with Gasteiger partial charge in [-0.1, -0.05) is 334 Å². The number of rotatable bonds is 12. The number of benzene rings is 18. The SMILES string of the molecule is c1ccc(C2(c3ccccc3)c3ccccc3-c3c(N(c4ccc(-c5ccc6c(c5)sc5ccccc56)cc4)c4cccc5c4oc4ccccc45)cccc32)cc1.c1ccc(C2(c3ccccc3)c3ccccc3-c3c(N(c4ccc(-c5ccc6sc7ccccc7c6c5)cc4)c4cccc5c4oc4ccccc45)cccc32)cc1. The van der Waals surface area contributed by atoms with Gasteiger partial charge in [0.15, 0.2) is 11.2 Å². The number of nitrogens with zero attached hydrogens (tertiary/aromatic N) is 2. The molecule has 2 aliphatic carbocycles. The number of thiophene rings is 2. The van der Waals surface area contributed by atoms with Crippen LogP contribution in [0.25, 0.3) is 129 Å². The Labute approximate surface area is 679 Å². The smallest absolute Gasteiger partial charge is 0.159 e. The highest BCUT2D eigenvalue weighted by Gasteiger charge is 2.49. The number of anilines is 6. The Balaban J connectivity index is 0.000000137. The van der Waals surface area contributed by atoms with Gasteiger partial charge >= 0.3 is 0 Å². The van der Waals surface area contributed by atoms with Crippen molar-refractivity contribution in [2.45, 2.75) is 10.8 Å². The van der Waals surface area contributed by atoms with Crippen molar-refractivity contribution in [3.63, 3.8) is 0 Å². The molecule has 116 heavy (non-hydrogen) atoms. The van der Waals surface area contributed by atoms with Gasteiger partial charge in [-0.15, -0.1) is 22.7 Å². The van der Waals surface area contributed by atoms with E-state index in [4.69, 9.17) is 8.83 Å². The molecule has 0 aliphatic heterocycles. The summed E-state index contributed by atoms with van der Waals surface area (Å²) in [5.41, 5.74) is 28.5. The zero-order valence-corrected chi connectivity index (χ0v) is 64.6. The molecule has 0 atom stereocenters.